The van der Waals surface area contributed by atoms with Crippen molar-refractivity contribution in [3.63, 3.8) is 0 Å². The largest absolute Gasteiger partial charge is 0.462 e. The standard InChI is InChI=1S/C20H23N5O3S/c1-6-28-19(27)17-13(5)21-20(29-17)22-18(26)15-16(11(2)3)25(24-23-15)14-9-7-12(4)8-10-14/h7-11H,6H2,1-5H3,(H,21,22,26). The van der Waals surface area contributed by atoms with E-state index in [4.69, 9.17) is 4.74 Å². The summed E-state index contributed by atoms with van der Waals surface area (Å²) in [6.07, 6.45) is 0. The number of carbonyl (C=O) groups excluding carboxylic acids is 2. The first-order chi connectivity index (χ1) is 13.8. The number of aryl methyl sites for hydroxylation is 2. The van der Waals surface area contributed by atoms with Crippen LogP contribution in [0.1, 0.15) is 63.8 Å². The molecule has 0 saturated heterocycles. The number of ether oxygens (including phenoxy) is 1. The van der Waals surface area contributed by atoms with Gasteiger partial charge in [-0.1, -0.05) is 48.1 Å². The van der Waals surface area contributed by atoms with E-state index in [1.54, 1.807) is 18.5 Å². The number of nitrogens with zero attached hydrogens (tertiary/aromatic N) is 4. The van der Waals surface area contributed by atoms with Gasteiger partial charge in [0.2, 0.25) is 0 Å². The molecule has 0 bridgehead atoms. The highest BCUT2D eigenvalue weighted by molar-refractivity contribution is 7.17. The van der Waals surface area contributed by atoms with Crippen LogP contribution < -0.4 is 5.32 Å². The predicted molar refractivity (Wildman–Crippen MR) is 111 cm³/mol. The number of nitrogens with one attached hydrogen (secondary N) is 1. The lowest BCUT2D eigenvalue weighted by atomic mass is 10.1. The number of hydrogen-bond acceptors (Lipinski definition) is 7. The summed E-state index contributed by atoms with van der Waals surface area (Å²) in [5, 5.41) is 11.3. The summed E-state index contributed by atoms with van der Waals surface area (Å²) in [7, 11) is 0. The third-order valence-electron chi connectivity index (χ3n) is 4.22. The van der Waals surface area contributed by atoms with Gasteiger partial charge in [-0.15, -0.1) is 5.10 Å². The molecule has 0 aliphatic heterocycles. The van der Waals surface area contributed by atoms with Crippen molar-refractivity contribution in [3.8, 4) is 5.69 Å². The summed E-state index contributed by atoms with van der Waals surface area (Å²) in [4.78, 5) is 29.5. The van der Waals surface area contributed by atoms with Gasteiger partial charge < -0.3 is 4.74 Å². The lowest BCUT2D eigenvalue weighted by molar-refractivity contribution is 0.0531. The Balaban J connectivity index is 1.89. The molecule has 0 radical (unpaired) electrons. The molecule has 152 valence electrons. The maximum absolute atomic E-state index is 12.9. The van der Waals surface area contributed by atoms with Gasteiger partial charge in [0.15, 0.2) is 10.8 Å². The number of anilines is 1. The molecule has 1 amide bonds. The van der Waals surface area contributed by atoms with Gasteiger partial charge in [-0.25, -0.2) is 14.5 Å². The third kappa shape index (κ3) is 4.34. The van der Waals surface area contributed by atoms with Crippen LogP contribution in [-0.2, 0) is 4.74 Å². The molecule has 0 spiro atoms. The first kappa shape index (κ1) is 20.7. The molecule has 29 heavy (non-hydrogen) atoms. The van der Waals surface area contributed by atoms with E-state index in [0.29, 0.717) is 21.4 Å². The number of amides is 1. The maximum atomic E-state index is 12.9. The molecule has 2 aromatic heterocycles. The molecule has 9 heteroatoms. The second-order valence-corrected chi connectivity index (χ2v) is 7.83. The fraction of sp³-hybridized carbons (Fsp3) is 0.350. The minimum absolute atomic E-state index is 0.0141. The van der Waals surface area contributed by atoms with Crippen LogP contribution in [0.15, 0.2) is 24.3 Å². The van der Waals surface area contributed by atoms with Gasteiger partial charge in [-0.2, -0.15) is 0 Å². The molecule has 0 saturated carbocycles. The zero-order chi connectivity index (χ0) is 21.1. The molecule has 0 aliphatic carbocycles. The Labute approximate surface area is 172 Å². The van der Waals surface area contributed by atoms with Crippen molar-refractivity contribution >= 4 is 28.3 Å². The fourth-order valence-corrected chi connectivity index (χ4v) is 3.69. The Hall–Kier alpha value is -3.07. The molecule has 1 aromatic carbocycles. The smallest absolute Gasteiger partial charge is 0.350 e. The fourth-order valence-electron chi connectivity index (χ4n) is 2.84. The van der Waals surface area contributed by atoms with Crippen molar-refractivity contribution in [1.82, 2.24) is 20.0 Å². The van der Waals surface area contributed by atoms with Crippen LogP contribution in [0.4, 0.5) is 5.13 Å². The number of benzene rings is 1. The quantitative estimate of drug-likeness (QED) is 0.616. The number of rotatable bonds is 6. The molecule has 2 heterocycles. The number of esters is 1. The van der Waals surface area contributed by atoms with Crippen molar-refractivity contribution in [2.75, 3.05) is 11.9 Å². The number of hydrogen-bond donors (Lipinski definition) is 1. The van der Waals surface area contributed by atoms with Gasteiger partial charge in [0.25, 0.3) is 5.91 Å². The summed E-state index contributed by atoms with van der Waals surface area (Å²) in [5.41, 5.74) is 3.41. The van der Waals surface area contributed by atoms with Gasteiger partial charge in [-0.05, 0) is 38.8 Å². The lowest BCUT2D eigenvalue weighted by Crippen LogP contribution is -2.16. The summed E-state index contributed by atoms with van der Waals surface area (Å²) < 4.78 is 6.69. The molecule has 8 nitrogen and oxygen atoms in total. The summed E-state index contributed by atoms with van der Waals surface area (Å²) in [6, 6.07) is 7.84. The van der Waals surface area contributed by atoms with E-state index >= 15 is 0 Å². The topological polar surface area (TPSA) is 99.0 Å². The van der Waals surface area contributed by atoms with E-state index in [1.807, 2.05) is 45.0 Å². The third-order valence-corrected chi connectivity index (χ3v) is 5.28. The zero-order valence-electron chi connectivity index (χ0n) is 17.0. The van der Waals surface area contributed by atoms with E-state index in [9.17, 15) is 9.59 Å². The minimum atomic E-state index is -0.448. The monoisotopic (exact) mass is 413 g/mol. The van der Waals surface area contributed by atoms with E-state index < -0.39 is 11.9 Å². The maximum Gasteiger partial charge on any atom is 0.350 e. The van der Waals surface area contributed by atoms with Crippen molar-refractivity contribution < 1.29 is 14.3 Å². The van der Waals surface area contributed by atoms with Crippen LogP contribution in [0.3, 0.4) is 0 Å². The molecule has 0 atom stereocenters. The Kier molecular flexibility index (Phi) is 6.07. The van der Waals surface area contributed by atoms with Crippen molar-refractivity contribution in [3.05, 3.63) is 51.8 Å². The van der Waals surface area contributed by atoms with Gasteiger partial charge in [0, 0.05) is 0 Å². The molecular formula is C20H23N5O3S. The van der Waals surface area contributed by atoms with Crippen molar-refractivity contribution in [2.24, 2.45) is 0 Å². The SMILES string of the molecule is CCOC(=O)c1sc(NC(=O)c2nnn(-c3ccc(C)cc3)c2C(C)C)nc1C. The van der Waals surface area contributed by atoms with Gasteiger partial charge in [0.1, 0.15) is 4.88 Å². The van der Waals surface area contributed by atoms with E-state index in [0.717, 1.165) is 22.6 Å². The molecule has 0 fully saturated rings. The van der Waals surface area contributed by atoms with E-state index in [2.05, 4.69) is 20.6 Å². The van der Waals surface area contributed by atoms with Gasteiger partial charge in [0.05, 0.1) is 23.7 Å². The Morgan fingerprint density at radius 3 is 2.52 bits per heavy atom. The van der Waals surface area contributed by atoms with E-state index in [1.165, 1.54) is 0 Å². The Morgan fingerprint density at radius 1 is 1.21 bits per heavy atom. The normalized spacial score (nSPS) is 11.0. The number of aromatic nitrogens is 4. The van der Waals surface area contributed by atoms with Crippen LogP contribution in [-0.4, -0.2) is 38.5 Å². The zero-order valence-corrected chi connectivity index (χ0v) is 17.8. The second kappa shape index (κ2) is 8.52. The minimum Gasteiger partial charge on any atom is -0.462 e. The molecule has 3 rings (SSSR count). The van der Waals surface area contributed by atoms with Crippen LogP contribution in [0.2, 0.25) is 0 Å². The Morgan fingerprint density at radius 2 is 1.90 bits per heavy atom. The molecule has 0 unspecified atom stereocenters. The average molecular weight is 414 g/mol. The van der Waals surface area contributed by atoms with Crippen LogP contribution in [0.5, 0.6) is 0 Å². The first-order valence-electron chi connectivity index (χ1n) is 9.30. The average Bonchev–Trinajstić information content (AvgIpc) is 3.26. The van der Waals surface area contributed by atoms with E-state index in [-0.39, 0.29) is 18.2 Å². The summed E-state index contributed by atoms with van der Waals surface area (Å²) in [5.74, 6) is -0.854. The predicted octanol–water partition coefficient (Wildman–Crippen LogP) is 3.89. The van der Waals surface area contributed by atoms with Crippen LogP contribution in [0.25, 0.3) is 5.69 Å². The van der Waals surface area contributed by atoms with Gasteiger partial charge in [-0.3, -0.25) is 10.1 Å². The second-order valence-electron chi connectivity index (χ2n) is 6.83. The van der Waals surface area contributed by atoms with Gasteiger partial charge >= 0.3 is 5.97 Å². The lowest BCUT2D eigenvalue weighted by Gasteiger charge is -2.11. The highest BCUT2D eigenvalue weighted by Crippen LogP contribution is 2.26. The van der Waals surface area contributed by atoms with Crippen LogP contribution >= 0.6 is 11.3 Å². The molecule has 0 aliphatic rings. The Bertz CT molecular complexity index is 1040. The van der Waals surface area contributed by atoms with Crippen LogP contribution in [0, 0.1) is 13.8 Å². The highest BCUT2D eigenvalue weighted by atomic mass is 32.1. The highest BCUT2D eigenvalue weighted by Gasteiger charge is 2.25. The summed E-state index contributed by atoms with van der Waals surface area (Å²) >= 11 is 1.08. The summed E-state index contributed by atoms with van der Waals surface area (Å²) in [6.45, 7) is 9.68. The first-order valence-corrected chi connectivity index (χ1v) is 10.1. The number of thiazole rings is 1. The molecular weight excluding hydrogens is 390 g/mol. The number of carbonyl (C=O) groups is 2. The van der Waals surface area contributed by atoms with Crippen molar-refractivity contribution in [1.29, 1.82) is 0 Å². The molecule has 3 aromatic rings. The molecule has 1 N–H and O–H groups in total. The van der Waals surface area contributed by atoms with Crippen molar-refractivity contribution in [2.45, 2.75) is 40.5 Å².